The maximum Gasteiger partial charge on any atom is 0.135 e. The van der Waals surface area contributed by atoms with Crippen LogP contribution in [-0.2, 0) is 0 Å². The summed E-state index contributed by atoms with van der Waals surface area (Å²) in [5, 5.41) is 3.37. The minimum atomic E-state index is 0.781. The molecule has 21 heavy (non-hydrogen) atoms. The van der Waals surface area contributed by atoms with E-state index in [0.29, 0.717) is 0 Å². The molecule has 0 spiro atoms. The molecule has 0 aliphatic rings. The Morgan fingerprint density at radius 2 is 1.67 bits per heavy atom. The van der Waals surface area contributed by atoms with E-state index in [4.69, 9.17) is 9.15 Å². The van der Waals surface area contributed by atoms with E-state index in [1.807, 2.05) is 30.3 Å². The topological polar surface area (TPSA) is 22.4 Å². The van der Waals surface area contributed by atoms with Crippen LogP contribution < -0.4 is 4.74 Å². The molecule has 0 saturated heterocycles. The second-order valence-electron chi connectivity index (χ2n) is 5.21. The third kappa shape index (κ3) is 3.41. The fourth-order valence-electron chi connectivity index (χ4n) is 2.54. The van der Waals surface area contributed by atoms with Gasteiger partial charge >= 0.3 is 0 Å². The molecule has 0 fully saturated rings. The van der Waals surface area contributed by atoms with E-state index in [1.54, 1.807) is 0 Å². The Balaban J connectivity index is 1.68. The minimum Gasteiger partial charge on any atom is -0.494 e. The third-order valence-corrected chi connectivity index (χ3v) is 4.21. The van der Waals surface area contributed by atoms with Gasteiger partial charge in [-0.15, -0.1) is 0 Å². The molecule has 0 radical (unpaired) electrons. The Morgan fingerprint density at radius 1 is 0.857 bits per heavy atom. The summed E-state index contributed by atoms with van der Waals surface area (Å²) >= 11 is 3.45. The van der Waals surface area contributed by atoms with Crippen LogP contribution in [0.4, 0.5) is 0 Å². The molecule has 110 valence electrons. The zero-order chi connectivity index (χ0) is 14.5. The summed E-state index contributed by atoms with van der Waals surface area (Å²) in [6.07, 6.45) is 4.84. The van der Waals surface area contributed by atoms with Gasteiger partial charge in [-0.1, -0.05) is 47.0 Å². The molecule has 0 aliphatic carbocycles. The quantitative estimate of drug-likeness (QED) is 0.391. The van der Waals surface area contributed by atoms with Crippen LogP contribution in [0.5, 0.6) is 5.75 Å². The van der Waals surface area contributed by atoms with Crippen LogP contribution in [0.1, 0.15) is 25.7 Å². The highest BCUT2D eigenvalue weighted by atomic mass is 79.9. The molecule has 3 rings (SSSR count). The summed E-state index contributed by atoms with van der Waals surface area (Å²) in [5.41, 5.74) is 1.85. The highest BCUT2D eigenvalue weighted by Gasteiger charge is 2.07. The lowest BCUT2D eigenvalue weighted by atomic mass is 10.1. The van der Waals surface area contributed by atoms with Crippen molar-refractivity contribution in [2.45, 2.75) is 25.7 Å². The van der Waals surface area contributed by atoms with E-state index in [-0.39, 0.29) is 0 Å². The molecular formula is C18H19BrO2. The van der Waals surface area contributed by atoms with Gasteiger partial charge in [-0.05, 0) is 37.1 Å². The van der Waals surface area contributed by atoms with Crippen molar-refractivity contribution >= 4 is 37.9 Å². The largest absolute Gasteiger partial charge is 0.494 e. The first-order valence-electron chi connectivity index (χ1n) is 7.48. The zero-order valence-corrected chi connectivity index (χ0v) is 13.6. The fraction of sp³-hybridized carbons (Fsp3) is 0.333. The van der Waals surface area contributed by atoms with Gasteiger partial charge in [0.25, 0.3) is 0 Å². The van der Waals surface area contributed by atoms with Gasteiger partial charge in [0, 0.05) is 16.1 Å². The van der Waals surface area contributed by atoms with Crippen LogP contribution in [0.15, 0.2) is 46.9 Å². The Labute approximate surface area is 133 Å². The number of alkyl halides is 1. The summed E-state index contributed by atoms with van der Waals surface area (Å²) in [4.78, 5) is 0. The standard InChI is InChI=1S/C18H19BrO2/c19-11-5-1-2-6-12-20-14-9-10-18-16(13-14)15-7-3-4-8-17(15)21-18/h3-4,7-10,13H,1-2,5-6,11-12H2. The predicted octanol–water partition coefficient (Wildman–Crippen LogP) is 5.92. The van der Waals surface area contributed by atoms with E-state index in [9.17, 15) is 0 Å². The summed E-state index contributed by atoms with van der Waals surface area (Å²) < 4.78 is 11.7. The highest BCUT2D eigenvalue weighted by molar-refractivity contribution is 9.09. The molecule has 3 heteroatoms. The van der Waals surface area contributed by atoms with Gasteiger partial charge in [-0.2, -0.15) is 0 Å². The Kier molecular flexibility index (Phi) is 4.81. The van der Waals surface area contributed by atoms with Crippen molar-refractivity contribution in [2.24, 2.45) is 0 Å². The van der Waals surface area contributed by atoms with Gasteiger partial charge in [0.1, 0.15) is 16.9 Å². The van der Waals surface area contributed by atoms with Gasteiger partial charge in [0.05, 0.1) is 6.61 Å². The summed E-state index contributed by atoms with van der Waals surface area (Å²) in [6, 6.07) is 14.2. The molecule has 0 saturated carbocycles. The number of furan rings is 1. The first-order valence-corrected chi connectivity index (χ1v) is 8.61. The van der Waals surface area contributed by atoms with Crippen LogP contribution in [-0.4, -0.2) is 11.9 Å². The van der Waals surface area contributed by atoms with Gasteiger partial charge in [0.15, 0.2) is 0 Å². The third-order valence-electron chi connectivity index (χ3n) is 3.64. The second kappa shape index (κ2) is 6.99. The molecular weight excluding hydrogens is 328 g/mol. The number of hydrogen-bond donors (Lipinski definition) is 0. The first-order chi connectivity index (χ1) is 10.4. The number of para-hydroxylation sites is 1. The number of ether oxygens (including phenoxy) is 1. The molecule has 0 aliphatic heterocycles. The lowest BCUT2D eigenvalue weighted by molar-refractivity contribution is 0.305. The van der Waals surface area contributed by atoms with Crippen molar-refractivity contribution in [3.05, 3.63) is 42.5 Å². The summed E-state index contributed by atoms with van der Waals surface area (Å²) in [7, 11) is 0. The highest BCUT2D eigenvalue weighted by Crippen LogP contribution is 2.31. The zero-order valence-electron chi connectivity index (χ0n) is 12.0. The molecule has 3 aromatic rings. The summed E-state index contributed by atoms with van der Waals surface area (Å²) in [6.45, 7) is 0.781. The van der Waals surface area contributed by atoms with Gasteiger partial charge < -0.3 is 9.15 Å². The molecule has 2 aromatic carbocycles. The Bertz CT molecular complexity index is 717. The van der Waals surface area contributed by atoms with Crippen LogP contribution >= 0.6 is 15.9 Å². The van der Waals surface area contributed by atoms with Crippen LogP contribution in [0.3, 0.4) is 0 Å². The fourth-order valence-corrected chi connectivity index (χ4v) is 2.93. The average Bonchev–Trinajstić information content (AvgIpc) is 2.89. The molecule has 2 nitrogen and oxygen atoms in total. The van der Waals surface area contributed by atoms with Crippen molar-refractivity contribution in [1.82, 2.24) is 0 Å². The maximum absolute atomic E-state index is 5.86. The van der Waals surface area contributed by atoms with Crippen LogP contribution in [0.25, 0.3) is 21.9 Å². The van der Waals surface area contributed by atoms with Crippen molar-refractivity contribution in [2.75, 3.05) is 11.9 Å². The van der Waals surface area contributed by atoms with E-state index < -0.39 is 0 Å². The molecule has 0 bridgehead atoms. The number of fused-ring (bicyclic) bond motifs is 3. The van der Waals surface area contributed by atoms with Gasteiger partial charge in [-0.25, -0.2) is 0 Å². The smallest absolute Gasteiger partial charge is 0.135 e. The predicted molar refractivity (Wildman–Crippen MR) is 91.5 cm³/mol. The van der Waals surface area contributed by atoms with Gasteiger partial charge in [-0.3, -0.25) is 0 Å². The number of rotatable bonds is 7. The number of hydrogen-bond acceptors (Lipinski definition) is 2. The average molecular weight is 347 g/mol. The van der Waals surface area contributed by atoms with Crippen LogP contribution in [0.2, 0.25) is 0 Å². The van der Waals surface area contributed by atoms with Crippen molar-refractivity contribution in [3.8, 4) is 5.75 Å². The Hall–Kier alpha value is -1.48. The SMILES string of the molecule is BrCCCCCCOc1ccc2oc3ccccc3c2c1. The first kappa shape index (κ1) is 14.5. The van der Waals surface area contributed by atoms with Crippen molar-refractivity contribution < 1.29 is 9.15 Å². The number of halogens is 1. The van der Waals surface area contributed by atoms with Crippen molar-refractivity contribution in [1.29, 1.82) is 0 Å². The molecule has 1 aromatic heterocycles. The maximum atomic E-state index is 5.86. The number of unbranched alkanes of at least 4 members (excludes halogenated alkanes) is 3. The minimum absolute atomic E-state index is 0.781. The second-order valence-corrected chi connectivity index (χ2v) is 6.00. The van der Waals surface area contributed by atoms with E-state index in [0.717, 1.165) is 46.0 Å². The van der Waals surface area contributed by atoms with Crippen LogP contribution in [0, 0.1) is 0 Å². The monoisotopic (exact) mass is 346 g/mol. The van der Waals surface area contributed by atoms with E-state index in [2.05, 4.69) is 28.1 Å². The van der Waals surface area contributed by atoms with E-state index >= 15 is 0 Å². The van der Waals surface area contributed by atoms with Crippen molar-refractivity contribution in [3.63, 3.8) is 0 Å². The van der Waals surface area contributed by atoms with Gasteiger partial charge in [0.2, 0.25) is 0 Å². The number of benzene rings is 2. The van der Waals surface area contributed by atoms with E-state index in [1.165, 1.54) is 19.3 Å². The molecule has 0 unspecified atom stereocenters. The summed E-state index contributed by atoms with van der Waals surface area (Å²) in [5.74, 6) is 0.926. The molecule has 0 atom stereocenters. The molecule has 0 N–H and O–H groups in total. The lowest BCUT2D eigenvalue weighted by Crippen LogP contribution is -1.97. The normalized spacial score (nSPS) is 11.3. The molecule has 0 amide bonds. The Morgan fingerprint density at radius 3 is 2.57 bits per heavy atom. The lowest BCUT2D eigenvalue weighted by Gasteiger charge is -2.05. The molecule has 1 heterocycles.